The Bertz CT molecular complexity index is 574. The third-order valence-electron chi connectivity index (χ3n) is 2.06. The standard InChI is InChI=1S/C10H10ClNO3S2/c11-9-3-4-10(16-9)17(13,14)12-6-5-8-2-1-7-15-8/h1-4,7,12H,5-6H2. The van der Waals surface area contributed by atoms with Gasteiger partial charge < -0.3 is 4.42 Å². The van der Waals surface area contributed by atoms with Crippen molar-refractivity contribution in [1.29, 1.82) is 0 Å². The van der Waals surface area contributed by atoms with Crippen molar-refractivity contribution >= 4 is 33.0 Å². The van der Waals surface area contributed by atoms with Gasteiger partial charge in [0.15, 0.2) is 0 Å². The molecule has 0 atom stereocenters. The quantitative estimate of drug-likeness (QED) is 0.921. The summed E-state index contributed by atoms with van der Waals surface area (Å²) in [6.45, 7) is 0.297. The molecule has 0 saturated carbocycles. The van der Waals surface area contributed by atoms with E-state index in [4.69, 9.17) is 16.0 Å². The molecule has 0 aromatic carbocycles. The van der Waals surface area contributed by atoms with Crippen molar-refractivity contribution in [2.24, 2.45) is 0 Å². The minimum Gasteiger partial charge on any atom is -0.469 e. The molecule has 2 rings (SSSR count). The van der Waals surface area contributed by atoms with Crippen LogP contribution in [0.5, 0.6) is 0 Å². The van der Waals surface area contributed by atoms with Crippen molar-refractivity contribution in [1.82, 2.24) is 4.72 Å². The minimum absolute atomic E-state index is 0.224. The van der Waals surface area contributed by atoms with E-state index in [1.165, 1.54) is 6.07 Å². The van der Waals surface area contributed by atoms with Crippen LogP contribution in [-0.4, -0.2) is 15.0 Å². The van der Waals surface area contributed by atoms with Crippen molar-refractivity contribution in [2.75, 3.05) is 6.54 Å². The molecule has 0 spiro atoms. The molecule has 2 heterocycles. The molecule has 2 aromatic heterocycles. The van der Waals surface area contributed by atoms with Crippen LogP contribution in [0.4, 0.5) is 0 Å². The number of sulfonamides is 1. The van der Waals surface area contributed by atoms with Crippen LogP contribution >= 0.6 is 22.9 Å². The first kappa shape index (κ1) is 12.6. The average molecular weight is 292 g/mol. The lowest BCUT2D eigenvalue weighted by Gasteiger charge is -2.02. The summed E-state index contributed by atoms with van der Waals surface area (Å²) in [4.78, 5) is 0. The predicted molar refractivity (Wildman–Crippen MR) is 66.9 cm³/mol. The number of hydrogen-bond acceptors (Lipinski definition) is 4. The second kappa shape index (κ2) is 5.22. The van der Waals surface area contributed by atoms with Crippen LogP contribution < -0.4 is 4.72 Å². The molecule has 17 heavy (non-hydrogen) atoms. The molecule has 0 aliphatic carbocycles. The van der Waals surface area contributed by atoms with Crippen LogP contribution in [0, 0.1) is 0 Å². The van der Waals surface area contributed by atoms with Gasteiger partial charge in [0.25, 0.3) is 0 Å². The summed E-state index contributed by atoms with van der Waals surface area (Å²) in [5, 5.41) is 0. The molecule has 0 aliphatic heterocycles. The van der Waals surface area contributed by atoms with Gasteiger partial charge in [0.05, 0.1) is 10.6 Å². The van der Waals surface area contributed by atoms with Gasteiger partial charge in [-0.05, 0) is 24.3 Å². The maximum atomic E-state index is 11.8. The van der Waals surface area contributed by atoms with Crippen LogP contribution in [-0.2, 0) is 16.4 Å². The third kappa shape index (κ3) is 3.32. The van der Waals surface area contributed by atoms with E-state index in [1.54, 1.807) is 24.5 Å². The van der Waals surface area contributed by atoms with Gasteiger partial charge in [-0.3, -0.25) is 0 Å². The maximum Gasteiger partial charge on any atom is 0.250 e. The summed E-state index contributed by atoms with van der Waals surface area (Å²) in [6.07, 6.45) is 2.08. The second-order valence-electron chi connectivity index (χ2n) is 3.29. The summed E-state index contributed by atoms with van der Waals surface area (Å²) in [5.74, 6) is 0.747. The molecular weight excluding hydrogens is 282 g/mol. The van der Waals surface area contributed by atoms with E-state index in [0.29, 0.717) is 17.3 Å². The van der Waals surface area contributed by atoms with E-state index in [9.17, 15) is 8.42 Å². The highest BCUT2D eigenvalue weighted by atomic mass is 35.5. The van der Waals surface area contributed by atoms with E-state index in [1.807, 2.05) is 0 Å². The topological polar surface area (TPSA) is 59.3 Å². The molecule has 92 valence electrons. The molecule has 0 aliphatic rings. The minimum atomic E-state index is -3.45. The zero-order chi connectivity index (χ0) is 12.3. The van der Waals surface area contributed by atoms with E-state index >= 15 is 0 Å². The fourth-order valence-corrected chi connectivity index (χ4v) is 3.84. The lowest BCUT2D eigenvalue weighted by molar-refractivity contribution is 0.506. The molecule has 0 radical (unpaired) electrons. The number of furan rings is 1. The molecule has 0 bridgehead atoms. The van der Waals surface area contributed by atoms with Crippen molar-refractivity contribution in [2.45, 2.75) is 10.6 Å². The monoisotopic (exact) mass is 291 g/mol. The predicted octanol–water partition coefficient (Wildman–Crippen LogP) is 2.52. The van der Waals surface area contributed by atoms with Crippen LogP contribution in [0.1, 0.15) is 5.76 Å². The highest BCUT2D eigenvalue weighted by molar-refractivity contribution is 7.91. The Kier molecular flexibility index (Phi) is 3.88. The number of halogens is 1. The lowest BCUT2D eigenvalue weighted by atomic mass is 10.3. The van der Waals surface area contributed by atoms with Crippen molar-refractivity contribution in [3.63, 3.8) is 0 Å². The molecule has 1 N–H and O–H groups in total. The van der Waals surface area contributed by atoms with Gasteiger partial charge in [-0.1, -0.05) is 11.6 Å². The Morgan fingerprint density at radius 3 is 2.76 bits per heavy atom. The van der Waals surface area contributed by atoms with Crippen molar-refractivity contribution in [3.8, 4) is 0 Å². The summed E-state index contributed by atoms with van der Waals surface area (Å²) >= 11 is 6.73. The average Bonchev–Trinajstić information content (AvgIpc) is 2.89. The number of rotatable bonds is 5. The third-order valence-corrected chi connectivity index (χ3v) is 5.24. The van der Waals surface area contributed by atoms with Crippen LogP contribution in [0.3, 0.4) is 0 Å². The van der Waals surface area contributed by atoms with Gasteiger partial charge in [0, 0.05) is 13.0 Å². The first-order valence-corrected chi connectivity index (χ1v) is 7.53. The van der Waals surface area contributed by atoms with Gasteiger partial charge in [-0.25, -0.2) is 13.1 Å². The fraction of sp³-hybridized carbons (Fsp3) is 0.200. The summed E-state index contributed by atoms with van der Waals surface area (Å²) in [5.41, 5.74) is 0. The second-order valence-corrected chi connectivity index (χ2v) is 6.99. The summed E-state index contributed by atoms with van der Waals surface area (Å²) < 4.78 is 31.8. The Labute approximate surface area is 108 Å². The Hall–Kier alpha value is -0.820. The molecule has 7 heteroatoms. The van der Waals surface area contributed by atoms with Crippen LogP contribution in [0.25, 0.3) is 0 Å². The van der Waals surface area contributed by atoms with Crippen LogP contribution in [0.15, 0.2) is 39.2 Å². The van der Waals surface area contributed by atoms with Crippen molar-refractivity contribution < 1.29 is 12.8 Å². The number of nitrogens with one attached hydrogen (secondary N) is 1. The zero-order valence-electron chi connectivity index (χ0n) is 8.72. The molecular formula is C10H10ClNO3S2. The van der Waals surface area contributed by atoms with E-state index < -0.39 is 10.0 Å². The van der Waals surface area contributed by atoms with Crippen molar-refractivity contribution in [3.05, 3.63) is 40.6 Å². The first-order chi connectivity index (χ1) is 8.08. The maximum absolute atomic E-state index is 11.8. The van der Waals surface area contributed by atoms with E-state index in [0.717, 1.165) is 17.1 Å². The smallest absolute Gasteiger partial charge is 0.250 e. The Morgan fingerprint density at radius 2 is 2.18 bits per heavy atom. The van der Waals surface area contributed by atoms with Crippen LogP contribution in [0.2, 0.25) is 4.34 Å². The lowest BCUT2D eigenvalue weighted by Crippen LogP contribution is -2.25. The summed E-state index contributed by atoms with van der Waals surface area (Å²) in [6, 6.07) is 6.62. The Morgan fingerprint density at radius 1 is 1.35 bits per heavy atom. The van der Waals surface area contributed by atoms with Gasteiger partial charge >= 0.3 is 0 Å². The highest BCUT2D eigenvalue weighted by Crippen LogP contribution is 2.25. The van der Waals surface area contributed by atoms with Gasteiger partial charge in [0.1, 0.15) is 9.97 Å². The molecule has 0 amide bonds. The molecule has 0 saturated heterocycles. The molecule has 2 aromatic rings. The first-order valence-electron chi connectivity index (χ1n) is 4.85. The van der Waals surface area contributed by atoms with Gasteiger partial charge in [-0.15, -0.1) is 11.3 Å². The van der Waals surface area contributed by atoms with E-state index in [2.05, 4.69) is 4.72 Å². The molecule has 0 fully saturated rings. The van der Waals surface area contributed by atoms with E-state index in [-0.39, 0.29) is 4.21 Å². The SMILES string of the molecule is O=S(=O)(NCCc1ccco1)c1ccc(Cl)s1. The van der Waals surface area contributed by atoms with Gasteiger partial charge in [0.2, 0.25) is 10.0 Å². The number of thiophene rings is 1. The highest BCUT2D eigenvalue weighted by Gasteiger charge is 2.15. The number of hydrogen-bond donors (Lipinski definition) is 1. The molecule has 4 nitrogen and oxygen atoms in total. The fourth-order valence-electron chi connectivity index (χ4n) is 1.28. The Balaban J connectivity index is 1.94. The largest absolute Gasteiger partial charge is 0.469 e. The zero-order valence-corrected chi connectivity index (χ0v) is 11.1. The van der Waals surface area contributed by atoms with Gasteiger partial charge in [-0.2, -0.15) is 0 Å². The molecule has 0 unspecified atom stereocenters. The summed E-state index contributed by atoms with van der Waals surface area (Å²) in [7, 11) is -3.45. The normalized spacial score (nSPS) is 11.8.